The number of hydrogen-bond donors (Lipinski definition) is 2. The van der Waals surface area contributed by atoms with E-state index in [0.717, 1.165) is 30.0 Å². The highest BCUT2D eigenvalue weighted by Gasteiger charge is 2.32. The zero-order valence-corrected chi connectivity index (χ0v) is 15.3. The van der Waals surface area contributed by atoms with Crippen molar-refractivity contribution in [3.63, 3.8) is 0 Å². The van der Waals surface area contributed by atoms with E-state index in [1.165, 1.54) is 12.1 Å². The molecule has 6 nitrogen and oxygen atoms in total. The van der Waals surface area contributed by atoms with Gasteiger partial charge in [-0.05, 0) is 38.0 Å². The fourth-order valence-electron chi connectivity index (χ4n) is 3.35. The molecule has 3 heterocycles. The van der Waals surface area contributed by atoms with Gasteiger partial charge in [0.1, 0.15) is 11.6 Å². The third-order valence-corrected chi connectivity index (χ3v) is 5.60. The smallest absolute Gasteiger partial charge is 0.318 e. The first-order valence-corrected chi connectivity index (χ1v) is 9.59. The maximum Gasteiger partial charge on any atom is 0.318 e. The minimum absolute atomic E-state index is 0.0904. The van der Waals surface area contributed by atoms with Crippen molar-refractivity contribution in [2.75, 3.05) is 13.1 Å². The Morgan fingerprint density at radius 2 is 2.35 bits per heavy atom. The zero-order valence-electron chi connectivity index (χ0n) is 14.5. The van der Waals surface area contributed by atoms with Crippen molar-refractivity contribution >= 4 is 28.4 Å². The summed E-state index contributed by atoms with van der Waals surface area (Å²) in [5.41, 5.74) is 2.39. The standard InChI is InChI=1S/C18H20FN5OS/c1-11-10-26-16(21-11)6-7-20-18(25)24-8-2-3-15(24)17-22-13-5-4-12(19)9-14(13)23-17/h4-5,9-10,15H,2-3,6-8H2,1H3,(H,20,25)(H,22,23). The number of aromatic amines is 1. The molecule has 0 bridgehead atoms. The van der Waals surface area contributed by atoms with E-state index in [4.69, 9.17) is 0 Å². The van der Waals surface area contributed by atoms with Crippen LogP contribution in [0.15, 0.2) is 23.6 Å². The summed E-state index contributed by atoms with van der Waals surface area (Å²) in [6.45, 7) is 3.21. The molecule has 3 aromatic rings. The molecular weight excluding hydrogens is 353 g/mol. The van der Waals surface area contributed by atoms with Crippen LogP contribution in [0.2, 0.25) is 0 Å². The summed E-state index contributed by atoms with van der Waals surface area (Å²) in [6.07, 6.45) is 2.50. The van der Waals surface area contributed by atoms with Crippen LogP contribution in [-0.2, 0) is 6.42 Å². The first kappa shape index (κ1) is 17.0. The Labute approximate surface area is 154 Å². The molecule has 4 rings (SSSR count). The summed E-state index contributed by atoms with van der Waals surface area (Å²) >= 11 is 1.61. The third-order valence-electron chi connectivity index (χ3n) is 4.57. The number of carbonyl (C=O) groups is 1. The van der Waals surface area contributed by atoms with E-state index in [1.54, 1.807) is 22.3 Å². The van der Waals surface area contributed by atoms with E-state index in [0.29, 0.717) is 29.9 Å². The fourth-order valence-corrected chi connectivity index (χ4v) is 4.12. The highest BCUT2D eigenvalue weighted by Crippen LogP contribution is 2.31. The minimum atomic E-state index is -0.300. The molecule has 1 unspecified atom stereocenters. The van der Waals surface area contributed by atoms with Crippen molar-refractivity contribution in [3.8, 4) is 0 Å². The number of hydrogen-bond acceptors (Lipinski definition) is 4. The average Bonchev–Trinajstić information content (AvgIpc) is 3.32. The van der Waals surface area contributed by atoms with Gasteiger partial charge < -0.3 is 15.2 Å². The summed E-state index contributed by atoms with van der Waals surface area (Å²) in [5, 5.41) is 6.02. The number of benzene rings is 1. The molecular formula is C18H20FN5OS. The largest absolute Gasteiger partial charge is 0.340 e. The first-order chi connectivity index (χ1) is 12.6. The van der Waals surface area contributed by atoms with E-state index in [-0.39, 0.29) is 17.9 Å². The van der Waals surface area contributed by atoms with Gasteiger partial charge in [0.15, 0.2) is 0 Å². The summed E-state index contributed by atoms with van der Waals surface area (Å²) in [7, 11) is 0. The lowest BCUT2D eigenvalue weighted by atomic mass is 10.2. The van der Waals surface area contributed by atoms with Crippen LogP contribution in [0.5, 0.6) is 0 Å². The van der Waals surface area contributed by atoms with Crippen LogP contribution in [0.1, 0.15) is 35.4 Å². The lowest BCUT2D eigenvalue weighted by Crippen LogP contribution is -2.40. The van der Waals surface area contributed by atoms with Gasteiger partial charge in [0, 0.05) is 30.6 Å². The molecule has 0 radical (unpaired) electrons. The number of H-pyrrole nitrogens is 1. The molecule has 2 N–H and O–H groups in total. The van der Waals surface area contributed by atoms with Gasteiger partial charge in [0.05, 0.1) is 22.1 Å². The normalized spacial score (nSPS) is 17.2. The van der Waals surface area contributed by atoms with Crippen molar-refractivity contribution in [1.82, 2.24) is 25.2 Å². The highest BCUT2D eigenvalue weighted by atomic mass is 32.1. The number of halogens is 1. The summed E-state index contributed by atoms with van der Waals surface area (Å²) in [6, 6.07) is 4.29. The van der Waals surface area contributed by atoms with Gasteiger partial charge >= 0.3 is 6.03 Å². The van der Waals surface area contributed by atoms with Crippen LogP contribution >= 0.6 is 11.3 Å². The minimum Gasteiger partial charge on any atom is -0.340 e. The van der Waals surface area contributed by atoms with Crippen LogP contribution < -0.4 is 5.32 Å². The third kappa shape index (κ3) is 3.41. The number of aromatic nitrogens is 3. The number of nitrogens with zero attached hydrogens (tertiary/aromatic N) is 3. The molecule has 1 saturated heterocycles. The SMILES string of the molecule is Cc1csc(CCNC(=O)N2CCCC2c2nc3ccc(F)cc3[nH]2)n1. The molecule has 0 aliphatic carbocycles. The van der Waals surface area contributed by atoms with Gasteiger partial charge in [-0.3, -0.25) is 0 Å². The van der Waals surface area contributed by atoms with Gasteiger partial charge in [0.25, 0.3) is 0 Å². The van der Waals surface area contributed by atoms with E-state index in [2.05, 4.69) is 20.3 Å². The molecule has 2 amide bonds. The summed E-state index contributed by atoms with van der Waals surface area (Å²) in [4.78, 5) is 26.5. The van der Waals surface area contributed by atoms with Crippen LogP contribution in [0.3, 0.4) is 0 Å². The highest BCUT2D eigenvalue weighted by molar-refractivity contribution is 7.09. The Morgan fingerprint density at radius 3 is 3.15 bits per heavy atom. The Bertz CT molecular complexity index is 937. The molecule has 8 heteroatoms. The number of rotatable bonds is 4. The Morgan fingerprint density at radius 1 is 1.46 bits per heavy atom. The fraction of sp³-hybridized carbons (Fsp3) is 0.389. The average molecular weight is 373 g/mol. The number of urea groups is 1. The van der Waals surface area contributed by atoms with E-state index in [1.807, 2.05) is 12.3 Å². The number of aryl methyl sites for hydroxylation is 1. The number of nitrogens with one attached hydrogen (secondary N) is 2. The molecule has 1 aliphatic heterocycles. The van der Waals surface area contributed by atoms with Gasteiger partial charge in [-0.1, -0.05) is 0 Å². The van der Waals surface area contributed by atoms with Crippen molar-refractivity contribution in [2.24, 2.45) is 0 Å². The molecule has 136 valence electrons. The maximum atomic E-state index is 13.4. The lowest BCUT2D eigenvalue weighted by Gasteiger charge is -2.23. The number of carbonyl (C=O) groups excluding carboxylic acids is 1. The Balaban J connectivity index is 1.42. The molecule has 2 aromatic heterocycles. The molecule has 0 spiro atoms. The van der Waals surface area contributed by atoms with Gasteiger partial charge in [0.2, 0.25) is 0 Å². The zero-order chi connectivity index (χ0) is 18.1. The molecule has 26 heavy (non-hydrogen) atoms. The molecule has 1 atom stereocenters. The second-order valence-electron chi connectivity index (χ2n) is 6.50. The number of imidazole rings is 1. The van der Waals surface area contributed by atoms with Crippen LogP contribution in [0.25, 0.3) is 11.0 Å². The van der Waals surface area contributed by atoms with Gasteiger partial charge in [-0.2, -0.15) is 0 Å². The van der Waals surface area contributed by atoms with E-state index < -0.39 is 0 Å². The lowest BCUT2D eigenvalue weighted by molar-refractivity contribution is 0.191. The van der Waals surface area contributed by atoms with Crippen molar-refractivity contribution in [3.05, 3.63) is 45.9 Å². The van der Waals surface area contributed by atoms with Crippen molar-refractivity contribution in [1.29, 1.82) is 0 Å². The van der Waals surface area contributed by atoms with Crippen LogP contribution in [0.4, 0.5) is 9.18 Å². The quantitative estimate of drug-likeness (QED) is 0.734. The number of amides is 2. The van der Waals surface area contributed by atoms with E-state index in [9.17, 15) is 9.18 Å². The predicted octanol–water partition coefficient (Wildman–Crippen LogP) is 3.56. The van der Waals surface area contributed by atoms with Crippen molar-refractivity contribution in [2.45, 2.75) is 32.2 Å². The number of likely N-dealkylation sites (tertiary alicyclic amines) is 1. The van der Waals surface area contributed by atoms with Gasteiger partial charge in [-0.15, -0.1) is 11.3 Å². The topological polar surface area (TPSA) is 73.9 Å². The van der Waals surface area contributed by atoms with Crippen molar-refractivity contribution < 1.29 is 9.18 Å². The predicted molar refractivity (Wildman–Crippen MR) is 98.7 cm³/mol. The number of thiazole rings is 1. The first-order valence-electron chi connectivity index (χ1n) is 8.71. The molecule has 0 saturated carbocycles. The molecule has 1 aliphatic rings. The monoisotopic (exact) mass is 373 g/mol. The second kappa shape index (κ2) is 7.03. The van der Waals surface area contributed by atoms with Gasteiger partial charge in [-0.25, -0.2) is 19.2 Å². The van der Waals surface area contributed by atoms with Crippen LogP contribution in [-0.4, -0.2) is 39.0 Å². The number of fused-ring (bicyclic) bond motifs is 1. The summed E-state index contributed by atoms with van der Waals surface area (Å²) in [5.74, 6) is 0.417. The van der Waals surface area contributed by atoms with E-state index >= 15 is 0 Å². The molecule has 1 aromatic carbocycles. The maximum absolute atomic E-state index is 13.4. The van der Waals surface area contributed by atoms with Crippen LogP contribution in [0, 0.1) is 12.7 Å². The Kier molecular flexibility index (Phi) is 4.58. The second-order valence-corrected chi connectivity index (χ2v) is 7.44. The molecule has 1 fully saturated rings. The Hall–Kier alpha value is -2.48. The summed E-state index contributed by atoms with van der Waals surface area (Å²) < 4.78 is 13.4.